The van der Waals surface area contributed by atoms with Gasteiger partial charge in [0.1, 0.15) is 11.5 Å². The molecule has 0 saturated carbocycles. The Balaban J connectivity index is 1.61. The van der Waals surface area contributed by atoms with Crippen LogP contribution in [0.2, 0.25) is 0 Å². The van der Waals surface area contributed by atoms with E-state index in [2.05, 4.69) is 36.3 Å². The number of thiazole rings is 1. The molecule has 0 saturated heterocycles. The molecule has 1 N–H and O–H groups in total. The molecule has 5 nitrogen and oxygen atoms in total. The lowest BCUT2D eigenvalue weighted by Gasteiger charge is -2.06. The summed E-state index contributed by atoms with van der Waals surface area (Å²) in [6.07, 6.45) is 0. The zero-order valence-electron chi connectivity index (χ0n) is 14.4. The summed E-state index contributed by atoms with van der Waals surface area (Å²) in [7, 11) is 1.60. The zero-order valence-corrected chi connectivity index (χ0v) is 15.2. The number of ether oxygens (including phenoxy) is 2. The molecule has 130 valence electrons. The van der Waals surface area contributed by atoms with E-state index >= 15 is 0 Å². The number of fused-ring (bicyclic) bond motifs is 1. The van der Waals surface area contributed by atoms with Crippen LogP contribution in [0.4, 0.5) is 5.13 Å². The number of nitrogens with zero attached hydrogens (tertiary/aromatic N) is 1. The van der Waals surface area contributed by atoms with Gasteiger partial charge in [-0.1, -0.05) is 31.3 Å². The van der Waals surface area contributed by atoms with Crippen LogP contribution in [0.15, 0.2) is 42.5 Å². The number of methoxy groups -OCH3 is 1. The van der Waals surface area contributed by atoms with Crippen molar-refractivity contribution in [1.82, 2.24) is 4.98 Å². The number of nitrogens with one attached hydrogen (secondary N) is 1. The Labute approximate surface area is 150 Å². The van der Waals surface area contributed by atoms with Crippen molar-refractivity contribution in [3.8, 4) is 11.5 Å². The number of rotatable bonds is 6. The summed E-state index contributed by atoms with van der Waals surface area (Å²) in [4.78, 5) is 16.5. The Morgan fingerprint density at radius 3 is 2.56 bits per heavy atom. The number of hydrogen-bond donors (Lipinski definition) is 1. The van der Waals surface area contributed by atoms with Gasteiger partial charge in [0, 0.05) is 0 Å². The molecular weight excluding hydrogens is 336 g/mol. The van der Waals surface area contributed by atoms with Gasteiger partial charge in [-0.2, -0.15) is 0 Å². The molecule has 0 unspecified atom stereocenters. The van der Waals surface area contributed by atoms with Crippen LogP contribution in [0.5, 0.6) is 11.5 Å². The first kappa shape index (κ1) is 17.2. The molecule has 0 aliphatic heterocycles. The smallest absolute Gasteiger partial charge is 0.264 e. The van der Waals surface area contributed by atoms with Crippen molar-refractivity contribution in [1.29, 1.82) is 0 Å². The van der Waals surface area contributed by atoms with E-state index in [-0.39, 0.29) is 12.5 Å². The van der Waals surface area contributed by atoms with Gasteiger partial charge in [0.15, 0.2) is 11.7 Å². The van der Waals surface area contributed by atoms with Gasteiger partial charge in [0.2, 0.25) is 0 Å². The van der Waals surface area contributed by atoms with Crippen molar-refractivity contribution in [3.05, 3.63) is 48.0 Å². The molecule has 2 aromatic carbocycles. The molecule has 0 aliphatic carbocycles. The zero-order chi connectivity index (χ0) is 17.8. The minimum absolute atomic E-state index is 0.0699. The lowest BCUT2D eigenvalue weighted by atomic mass is 10.0. The first-order valence-electron chi connectivity index (χ1n) is 8.02. The summed E-state index contributed by atoms with van der Waals surface area (Å²) in [5.74, 6) is 1.58. The lowest BCUT2D eigenvalue weighted by molar-refractivity contribution is -0.118. The Hall–Kier alpha value is -2.60. The van der Waals surface area contributed by atoms with Crippen molar-refractivity contribution >= 4 is 32.6 Å². The quantitative estimate of drug-likeness (QED) is 0.709. The molecule has 1 heterocycles. The highest BCUT2D eigenvalue weighted by molar-refractivity contribution is 7.22. The maximum atomic E-state index is 12.1. The third-order valence-corrected chi connectivity index (χ3v) is 4.69. The van der Waals surface area contributed by atoms with Gasteiger partial charge in [-0.15, -0.1) is 0 Å². The van der Waals surface area contributed by atoms with Gasteiger partial charge in [0.05, 0.1) is 17.3 Å². The van der Waals surface area contributed by atoms with E-state index in [1.165, 1.54) is 16.9 Å². The largest absolute Gasteiger partial charge is 0.497 e. The minimum atomic E-state index is -0.237. The fraction of sp³-hybridized carbons (Fsp3) is 0.263. The molecule has 0 aliphatic rings. The maximum absolute atomic E-state index is 12.1. The second-order valence-corrected chi connectivity index (χ2v) is 6.94. The van der Waals surface area contributed by atoms with Crippen LogP contribution in [0.1, 0.15) is 25.3 Å². The van der Waals surface area contributed by atoms with Gasteiger partial charge >= 0.3 is 0 Å². The summed E-state index contributed by atoms with van der Waals surface area (Å²) in [5.41, 5.74) is 2.15. The van der Waals surface area contributed by atoms with Crippen LogP contribution in [-0.4, -0.2) is 24.6 Å². The molecule has 0 fully saturated rings. The summed E-state index contributed by atoms with van der Waals surface area (Å²) in [6, 6.07) is 13.3. The van der Waals surface area contributed by atoms with Gasteiger partial charge in [-0.25, -0.2) is 4.98 Å². The van der Waals surface area contributed by atoms with E-state index in [0.717, 1.165) is 16.0 Å². The first-order valence-corrected chi connectivity index (χ1v) is 8.84. The van der Waals surface area contributed by atoms with Gasteiger partial charge < -0.3 is 9.47 Å². The van der Waals surface area contributed by atoms with Crippen LogP contribution < -0.4 is 14.8 Å². The van der Waals surface area contributed by atoms with Crippen LogP contribution in [0.25, 0.3) is 10.2 Å². The maximum Gasteiger partial charge on any atom is 0.264 e. The highest BCUT2D eigenvalue weighted by atomic mass is 32.1. The van der Waals surface area contributed by atoms with Crippen LogP contribution in [0, 0.1) is 0 Å². The Morgan fingerprint density at radius 1 is 1.16 bits per heavy atom. The summed E-state index contributed by atoms with van der Waals surface area (Å²) < 4.78 is 11.6. The van der Waals surface area contributed by atoms with E-state index < -0.39 is 0 Å². The topological polar surface area (TPSA) is 60.5 Å². The molecule has 25 heavy (non-hydrogen) atoms. The van der Waals surface area contributed by atoms with Crippen LogP contribution >= 0.6 is 11.3 Å². The van der Waals surface area contributed by atoms with E-state index in [4.69, 9.17) is 9.47 Å². The fourth-order valence-corrected chi connectivity index (χ4v) is 3.26. The number of carbonyl (C=O) groups is 1. The average molecular weight is 356 g/mol. The molecule has 0 radical (unpaired) electrons. The predicted octanol–water partition coefficient (Wildman–Crippen LogP) is 4.45. The second-order valence-electron chi connectivity index (χ2n) is 5.91. The number of aromatic nitrogens is 1. The molecule has 1 amide bonds. The molecule has 6 heteroatoms. The molecule has 3 rings (SSSR count). The molecule has 1 aromatic heterocycles. The lowest BCUT2D eigenvalue weighted by Crippen LogP contribution is -2.19. The summed E-state index contributed by atoms with van der Waals surface area (Å²) in [6.45, 7) is 4.24. The molecule has 0 atom stereocenters. The summed E-state index contributed by atoms with van der Waals surface area (Å²) in [5, 5.41) is 3.37. The number of carbonyl (C=O) groups excluding carboxylic acids is 1. The van der Waals surface area contributed by atoms with E-state index in [0.29, 0.717) is 16.8 Å². The Morgan fingerprint density at radius 2 is 1.88 bits per heavy atom. The highest BCUT2D eigenvalue weighted by Gasteiger charge is 2.10. The van der Waals surface area contributed by atoms with Crippen molar-refractivity contribution in [2.24, 2.45) is 0 Å². The third-order valence-electron chi connectivity index (χ3n) is 3.75. The van der Waals surface area contributed by atoms with E-state index in [1.54, 1.807) is 31.4 Å². The van der Waals surface area contributed by atoms with Gasteiger partial charge in [-0.3, -0.25) is 10.1 Å². The Bertz CT molecular complexity index is 872. The number of anilines is 1. The Kier molecular flexibility index (Phi) is 5.19. The fourth-order valence-electron chi connectivity index (χ4n) is 2.33. The van der Waals surface area contributed by atoms with E-state index in [9.17, 15) is 4.79 Å². The average Bonchev–Trinajstić information content (AvgIpc) is 3.01. The molecule has 0 bridgehead atoms. The second kappa shape index (κ2) is 7.53. The standard InChI is InChI=1S/C19H20N2O3S/c1-12(2)13-4-9-16-17(10-13)25-19(20-16)21-18(22)11-24-15-7-5-14(23-3)6-8-15/h4-10,12H,11H2,1-3H3,(H,20,21,22). The van der Waals surface area contributed by atoms with E-state index in [1.807, 2.05) is 6.07 Å². The molecule has 0 spiro atoms. The van der Waals surface area contributed by atoms with Crippen molar-refractivity contribution < 1.29 is 14.3 Å². The van der Waals surface area contributed by atoms with Gasteiger partial charge in [0.25, 0.3) is 5.91 Å². The van der Waals surface area contributed by atoms with Crippen LogP contribution in [0.3, 0.4) is 0 Å². The normalized spacial score (nSPS) is 10.9. The number of amides is 1. The summed E-state index contributed by atoms with van der Waals surface area (Å²) >= 11 is 1.47. The first-order chi connectivity index (χ1) is 12.0. The molecule has 3 aromatic rings. The third kappa shape index (κ3) is 4.28. The minimum Gasteiger partial charge on any atom is -0.497 e. The van der Waals surface area contributed by atoms with Crippen molar-refractivity contribution in [2.75, 3.05) is 19.0 Å². The molecular formula is C19H20N2O3S. The predicted molar refractivity (Wildman–Crippen MR) is 101 cm³/mol. The SMILES string of the molecule is COc1ccc(OCC(=O)Nc2nc3ccc(C(C)C)cc3s2)cc1. The van der Waals surface area contributed by atoms with Crippen LogP contribution in [-0.2, 0) is 4.79 Å². The monoisotopic (exact) mass is 356 g/mol. The van der Waals surface area contributed by atoms with Gasteiger partial charge in [-0.05, 0) is 47.9 Å². The number of benzene rings is 2. The van der Waals surface area contributed by atoms with Crippen molar-refractivity contribution in [2.45, 2.75) is 19.8 Å². The van der Waals surface area contributed by atoms with Crippen molar-refractivity contribution in [3.63, 3.8) is 0 Å². The number of hydrogen-bond acceptors (Lipinski definition) is 5. The highest BCUT2D eigenvalue weighted by Crippen LogP contribution is 2.29.